The van der Waals surface area contributed by atoms with Crippen molar-refractivity contribution in [3.05, 3.63) is 82.7 Å². The Kier molecular flexibility index (Phi) is 5.47. The number of pyridine rings is 2. The highest BCUT2D eigenvalue weighted by atomic mass is 16.3. The first-order valence-electron chi connectivity index (χ1n) is 20.6. The monoisotopic (exact) mass is 582 g/mol. The molecule has 0 radical (unpaired) electrons. The fourth-order valence-electron chi connectivity index (χ4n) is 7.22. The van der Waals surface area contributed by atoms with Crippen LogP contribution in [0.3, 0.4) is 0 Å². The van der Waals surface area contributed by atoms with Crippen LogP contribution in [-0.2, 0) is 0 Å². The summed E-state index contributed by atoms with van der Waals surface area (Å²) in [5, 5.41) is 1.32. The van der Waals surface area contributed by atoms with Crippen LogP contribution in [0.1, 0.15) is 107 Å². The molecule has 3 unspecified atom stereocenters. The maximum atomic E-state index is 9.86. The predicted octanol–water partition coefficient (Wildman–Crippen LogP) is 11.5. The van der Waals surface area contributed by atoms with Crippen LogP contribution in [0.15, 0.2) is 59.1 Å². The van der Waals surface area contributed by atoms with Gasteiger partial charge in [-0.1, -0.05) is 52.0 Å². The summed E-state index contributed by atoms with van der Waals surface area (Å²) in [5.74, 6) is 0.681. The molecule has 5 aromatic rings. The molecule has 0 aliphatic heterocycles. The lowest BCUT2D eigenvalue weighted by Gasteiger charge is -2.39. The molecule has 6 rings (SSSR count). The van der Waals surface area contributed by atoms with Gasteiger partial charge in [0.15, 0.2) is 0 Å². The molecule has 3 nitrogen and oxygen atoms in total. The van der Waals surface area contributed by atoms with Crippen LogP contribution in [-0.4, -0.2) is 9.97 Å². The molecule has 1 fully saturated rings. The van der Waals surface area contributed by atoms with E-state index < -0.39 is 26.4 Å². The van der Waals surface area contributed by atoms with Gasteiger partial charge in [-0.25, -0.2) is 4.98 Å². The Bertz CT molecular complexity index is 2140. The quantitative estimate of drug-likeness (QED) is 0.192. The zero-order valence-electron chi connectivity index (χ0n) is 35.8. The van der Waals surface area contributed by atoms with Crippen molar-refractivity contribution in [3.63, 3.8) is 0 Å². The van der Waals surface area contributed by atoms with E-state index in [9.17, 15) is 1.37 Å². The fraction of sp³-hybridized carbons (Fsp3) is 0.450. The van der Waals surface area contributed by atoms with E-state index in [1.807, 2.05) is 25.1 Å². The summed E-state index contributed by atoms with van der Waals surface area (Å²) in [6.07, 6.45) is 5.37. The molecule has 3 atom stereocenters. The SMILES string of the molecule is [2H]C([2H])([2H])c1ccc2c(n1)oc1c(-c3cc(-c4cc(C([2H])([2H])[2H])c(C5([2H])CCC(CC(C)C)C(CC(C)C)C5)cc4C)c(C([2H])([2H])[2H])cn3)cccc12. The molecule has 3 heteroatoms. The van der Waals surface area contributed by atoms with E-state index in [1.165, 1.54) is 12.3 Å². The molecule has 1 aliphatic carbocycles. The van der Waals surface area contributed by atoms with Crippen molar-refractivity contribution in [2.45, 2.75) is 93.2 Å². The lowest BCUT2D eigenvalue weighted by Crippen LogP contribution is -2.27. The molecule has 0 spiro atoms. The van der Waals surface area contributed by atoms with Gasteiger partial charge in [0, 0.05) is 41.9 Å². The molecule has 0 bridgehead atoms. The summed E-state index contributed by atoms with van der Waals surface area (Å²) in [5.41, 5.74) is 3.40. The molecule has 1 saturated carbocycles. The van der Waals surface area contributed by atoms with Gasteiger partial charge in [0.05, 0.1) is 5.69 Å². The van der Waals surface area contributed by atoms with Gasteiger partial charge in [0.2, 0.25) is 5.71 Å². The van der Waals surface area contributed by atoms with E-state index in [0.29, 0.717) is 86.4 Å². The zero-order valence-corrected chi connectivity index (χ0v) is 25.8. The largest absolute Gasteiger partial charge is 0.437 e. The summed E-state index contributed by atoms with van der Waals surface area (Å²) >= 11 is 0. The molecular formula is C40H48N2O. The second-order valence-corrected chi connectivity index (χ2v) is 13.3. The molecule has 2 aromatic carbocycles. The maximum absolute atomic E-state index is 9.86. The van der Waals surface area contributed by atoms with E-state index >= 15 is 0 Å². The molecule has 1 aliphatic rings. The van der Waals surface area contributed by atoms with E-state index in [0.717, 1.165) is 19.3 Å². The highest BCUT2D eigenvalue weighted by Crippen LogP contribution is 2.46. The van der Waals surface area contributed by atoms with Crippen LogP contribution in [0.2, 0.25) is 0 Å². The highest BCUT2D eigenvalue weighted by Gasteiger charge is 2.32. The van der Waals surface area contributed by atoms with Crippen LogP contribution in [0.5, 0.6) is 0 Å². The minimum Gasteiger partial charge on any atom is -0.437 e. The third-order valence-corrected chi connectivity index (χ3v) is 9.12. The molecular weight excluding hydrogens is 524 g/mol. The predicted molar refractivity (Wildman–Crippen MR) is 182 cm³/mol. The average Bonchev–Trinajstić information content (AvgIpc) is 3.42. The topological polar surface area (TPSA) is 38.9 Å². The summed E-state index contributed by atoms with van der Waals surface area (Å²) in [6, 6.07) is 13.6. The van der Waals surface area contributed by atoms with Gasteiger partial charge in [-0.3, -0.25) is 4.98 Å². The Morgan fingerprint density at radius 3 is 2.40 bits per heavy atom. The van der Waals surface area contributed by atoms with Crippen molar-refractivity contribution in [2.75, 3.05) is 0 Å². The first-order chi connectivity index (χ1) is 24.6. The van der Waals surface area contributed by atoms with Gasteiger partial charge in [-0.15, -0.1) is 0 Å². The summed E-state index contributed by atoms with van der Waals surface area (Å²) in [7, 11) is 0. The Labute approximate surface area is 272 Å². The second kappa shape index (κ2) is 11.9. The number of hydrogen-bond donors (Lipinski definition) is 0. The van der Waals surface area contributed by atoms with Crippen LogP contribution in [0.25, 0.3) is 44.5 Å². The van der Waals surface area contributed by atoms with Crippen LogP contribution in [0.4, 0.5) is 0 Å². The molecule has 0 amide bonds. The minimum absolute atomic E-state index is 0.0267. The average molecular weight is 583 g/mol. The normalized spacial score (nSPS) is 25.3. The lowest BCUT2D eigenvalue weighted by molar-refractivity contribution is 0.162. The summed E-state index contributed by atoms with van der Waals surface area (Å²) < 4.78 is 90.6. The highest BCUT2D eigenvalue weighted by molar-refractivity contribution is 6.08. The van der Waals surface area contributed by atoms with Crippen molar-refractivity contribution in [1.82, 2.24) is 9.97 Å². The smallest absolute Gasteiger partial charge is 0.227 e. The minimum atomic E-state index is -2.57. The van der Waals surface area contributed by atoms with Crippen molar-refractivity contribution in [3.8, 4) is 22.4 Å². The van der Waals surface area contributed by atoms with E-state index in [2.05, 4.69) is 37.7 Å². The van der Waals surface area contributed by atoms with E-state index in [4.69, 9.17) is 16.8 Å². The molecule has 224 valence electrons. The van der Waals surface area contributed by atoms with Crippen LogP contribution in [0, 0.1) is 51.2 Å². The first kappa shape index (κ1) is 19.7. The van der Waals surface area contributed by atoms with Crippen molar-refractivity contribution >= 4 is 22.1 Å². The lowest BCUT2D eigenvalue weighted by atomic mass is 9.66. The van der Waals surface area contributed by atoms with E-state index in [1.54, 1.807) is 24.3 Å². The van der Waals surface area contributed by atoms with Crippen LogP contribution < -0.4 is 0 Å². The fourth-order valence-corrected chi connectivity index (χ4v) is 7.22. The molecule has 0 N–H and O–H groups in total. The van der Waals surface area contributed by atoms with E-state index in [-0.39, 0.29) is 22.5 Å². The third kappa shape index (κ3) is 5.88. The van der Waals surface area contributed by atoms with Crippen molar-refractivity contribution in [2.24, 2.45) is 23.7 Å². The molecule has 43 heavy (non-hydrogen) atoms. The number of furan rings is 1. The van der Waals surface area contributed by atoms with Gasteiger partial charge in [0.1, 0.15) is 5.58 Å². The number of nitrogens with zero attached hydrogens (tertiary/aromatic N) is 2. The number of aromatic nitrogens is 2. The maximum Gasteiger partial charge on any atom is 0.227 e. The van der Waals surface area contributed by atoms with Crippen molar-refractivity contribution < 1.29 is 18.1 Å². The Balaban J connectivity index is 1.51. The van der Waals surface area contributed by atoms with Crippen LogP contribution >= 0.6 is 0 Å². The Morgan fingerprint density at radius 1 is 0.837 bits per heavy atom. The zero-order chi connectivity index (χ0) is 38.8. The van der Waals surface area contributed by atoms with Gasteiger partial charge < -0.3 is 4.42 Å². The van der Waals surface area contributed by atoms with Gasteiger partial charge in [-0.05, 0) is 147 Å². The first-order valence-corrected chi connectivity index (χ1v) is 15.6. The van der Waals surface area contributed by atoms with Gasteiger partial charge in [0.25, 0.3) is 0 Å². The Hall–Kier alpha value is -3.46. The van der Waals surface area contributed by atoms with Gasteiger partial charge >= 0.3 is 0 Å². The standard InChI is InChI=1S/C40H48N2O/c1-23(2)16-29-13-14-30(20-31(29)17-24(3)4)35-18-26(6)36(19-25(35)5)37-21-38(41-22-27(37)7)34-11-9-10-32-33-15-12-28(8)42-40(33)43-39(32)34/h9-12,15,18-19,21-24,29-31H,13-14,16-17,20H2,1-8H3/i5D3,7D3,8D3,30D. The number of rotatable bonds is 7. The number of benzene rings is 2. The third-order valence-electron chi connectivity index (χ3n) is 9.12. The number of fused-ring (bicyclic) bond motifs is 3. The molecule has 3 aromatic heterocycles. The summed E-state index contributed by atoms with van der Waals surface area (Å²) in [6.45, 7) is 3.18. The number of aryl methyl sites for hydroxylation is 4. The second-order valence-electron chi connectivity index (χ2n) is 13.3. The van der Waals surface area contributed by atoms with Crippen molar-refractivity contribution in [1.29, 1.82) is 0 Å². The number of hydrogen-bond acceptors (Lipinski definition) is 3. The molecule has 0 saturated heterocycles. The molecule has 3 heterocycles. The van der Waals surface area contributed by atoms with Gasteiger partial charge in [-0.2, -0.15) is 0 Å². The number of para-hydroxylation sites is 1. The summed E-state index contributed by atoms with van der Waals surface area (Å²) in [4.78, 5) is 8.84. The Morgan fingerprint density at radius 2 is 1.63 bits per heavy atom.